The van der Waals surface area contributed by atoms with Crippen molar-refractivity contribution < 1.29 is 5.11 Å². The first-order valence-electron chi connectivity index (χ1n) is 13.3. The van der Waals surface area contributed by atoms with Gasteiger partial charge in [0.2, 0.25) is 5.95 Å². The van der Waals surface area contributed by atoms with E-state index in [0.717, 1.165) is 87.2 Å². The number of H-pyrrole nitrogens is 1. The maximum atomic E-state index is 10.9. The van der Waals surface area contributed by atoms with Gasteiger partial charge in [0.25, 0.3) is 0 Å². The molecule has 0 unspecified atom stereocenters. The normalized spacial score (nSPS) is 23.9. The van der Waals surface area contributed by atoms with E-state index < -0.39 is 5.60 Å². The van der Waals surface area contributed by atoms with Crippen LogP contribution in [0.5, 0.6) is 0 Å². The number of nitrogens with zero attached hydrogens (tertiary/aromatic N) is 4. The molecule has 0 amide bonds. The van der Waals surface area contributed by atoms with Crippen molar-refractivity contribution in [1.29, 1.82) is 0 Å². The number of halogens is 1. The Balaban J connectivity index is 1.05. The fraction of sp³-hybridized carbons (Fsp3) is 0.556. The number of aliphatic hydroxyl groups is 1. The van der Waals surface area contributed by atoms with E-state index in [2.05, 4.69) is 42.5 Å². The zero-order chi connectivity index (χ0) is 24.5. The molecular weight excluding hydrogens is 474 g/mol. The van der Waals surface area contributed by atoms with Crippen molar-refractivity contribution in [3.63, 3.8) is 0 Å². The number of aromatic amines is 1. The van der Waals surface area contributed by atoms with Gasteiger partial charge in [0.15, 0.2) is 0 Å². The summed E-state index contributed by atoms with van der Waals surface area (Å²) in [5, 5.41) is 19.5. The summed E-state index contributed by atoms with van der Waals surface area (Å²) in [7, 11) is 0. The molecule has 0 aliphatic carbocycles. The number of rotatable bonds is 6. The highest BCUT2D eigenvalue weighted by Crippen LogP contribution is 2.33. The molecule has 9 heteroatoms. The minimum atomic E-state index is -0.509. The van der Waals surface area contributed by atoms with Gasteiger partial charge in [-0.05, 0) is 64.3 Å². The topological polar surface area (TPSA) is 92.3 Å². The van der Waals surface area contributed by atoms with E-state index >= 15 is 0 Å². The SMILES string of the molecule is OC1(CN2CCC(N3CC[C@@H](Nc4ncc(Cl)c(-c5c[nH]c6ccccc56)n4)C3)CC2)CCNCC1. The van der Waals surface area contributed by atoms with Crippen LogP contribution in [-0.2, 0) is 0 Å². The van der Waals surface area contributed by atoms with Gasteiger partial charge in [-0.25, -0.2) is 9.97 Å². The van der Waals surface area contributed by atoms with Gasteiger partial charge in [-0.1, -0.05) is 29.8 Å². The highest BCUT2D eigenvalue weighted by Gasteiger charge is 2.35. The summed E-state index contributed by atoms with van der Waals surface area (Å²) in [6.07, 6.45) is 8.82. The molecule has 0 saturated carbocycles. The fourth-order valence-electron chi connectivity index (χ4n) is 6.22. The zero-order valence-electron chi connectivity index (χ0n) is 20.7. The van der Waals surface area contributed by atoms with Gasteiger partial charge in [0, 0.05) is 54.4 Å². The Hall–Kier alpha value is -2.23. The van der Waals surface area contributed by atoms with Crippen LogP contribution in [0.3, 0.4) is 0 Å². The zero-order valence-corrected chi connectivity index (χ0v) is 21.5. The maximum absolute atomic E-state index is 10.9. The molecule has 36 heavy (non-hydrogen) atoms. The van der Waals surface area contributed by atoms with Crippen molar-refractivity contribution in [3.05, 3.63) is 41.7 Å². The number of fused-ring (bicyclic) bond motifs is 1. The van der Waals surface area contributed by atoms with Gasteiger partial charge >= 0.3 is 0 Å². The second kappa shape index (κ2) is 10.3. The third-order valence-electron chi connectivity index (χ3n) is 8.27. The van der Waals surface area contributed by atoms with Gasteiger partial charge in [-0.15, -0.1) is 0 Å². The van der Waals surface area contributed by atoms with Gasteiger partial charge in [-0.2, -0.15) is 0 Å². The third kappa shape index (κ3) is 5.10. The predicted molar refractivity (Wildman–Crippen MR) is 144 cm³/mol. The lowest BCUT2D eigenvalue weighted by atomic mass is 9.91. The van der Waals surface area contributed by atoms with Crippen LogP contribution in [0.25, 0.3) is 22.2 Å². The van der Waals surface area contributed by atoms with Crippen molar-refractivity contribution in [3.8, 4) is 11.3 Å². The Morgan fingerprint density at radius 3 is 2.75 bits per heavy atom. The van der Waals surface area contributed by atoms with Gasteiger partial charge in [0.1, 0.15) is 0 Å². The molecule has 3 saturated heterocycles. The monoisotopic (exact) mass is 509 g/mol. The fourth-order valence-corrected chi connectivity index (χ4v) is 6.41. The number of para-hydroxylation sites is 1. The number of anilines is 1. The minimum absolute atomic E-state index is 0.329. The summed E-state index contributed by atoms with van der Waals surface area (Å²) in [5.41, 5.74) is 2.31. The van der Waals surface area contributed by atoms with Crippen molar-refractivity contribution in [2.45, 2.75) is 49.8 Å². The molecule has 3 aliphatic rings. The lowest BCUT2D eigenvalue weighted by molar-refractivity contribution is -0.0296. The number of hydrogen-bond donors (Lipinski definition) is 4. The number of aromatic nitrogens is 3. The van der Waals surface area contributed by atoms with Crippen molar-refractivity contribution in [1.82, 2.24) is 30.1 Å². The maximum Gasteiger partial charge on any atom is 0.223 e. The minimum Gasteiger partial charge on any atom is -0.388 e. The van der Waals surface area contributed by atoms with E-state index in [4.69, 9.17) is 16.6 Å². The van der Waals surface area contributed by atoms with E-state index in [9.17, 15) is 5.11 Å². The Labute approximate surface area is 217 Å². The van der Waals surface area contributed by atoms with E-state index in [1.165, 1.54) is 12.8 Å². The summed E-state index contributed by atoms with van der Waals surface area (Å²) in [6.45, 7) is 6.92. The summed E-state index contributed by atoms with van der Waals surface area (Å²) in [5.74, 6) is 0.636. The van der Waals surface area contributed by atoms with E-state index in [1.54, 1.807) is 6.20 Å². The number of likely N-dealkylation sites (tertiary alicyclic amines) is 2. The standard InChI is InChI=1S/C27H36ClN7O/c28-23-16-31-26(33-25(23)22-15-30-24-4-2-1-3-21(22)24)32-19-5-14-35(17-19)20-6-12-34(13-7-20)18-27(36)8-10-29-11-9-27/h1-4,15-16,19-20,29-30,36H,5-14,17-18H2,(H,31,32,33)/t19-/m1/s1. The molecule has 0 spiro atoms. The van der Waals surface area contributed by atoms with E-state index in [0.29, 0.717) is 23.1 Å². The first kappa shape index (κ1) is 24.1. The van der Waals surface area contributed by atoms with Gasteiger partial charge in [-0.3, -0.25) is 4.90 Å². The van der Waals surface area contributed by atoms with Gasteiger partial charge in [0.05, 0.1) is 22.5 Å². The molecule has 3 fully saturated rings. The van der Waals surface area contributed by atoms with E-state index in [-0.39, 0.29) is 0 Å². The molecule has 0 bridgehead atoms. The summed E-state index contributed by atoms with van der Waals surface area (Å²) >= 11 is 6.51. The Bertz CT molecular complexity index is 1190. The van der Waals surface area contributed by atoms with Crippen LogP contribution in [0.1, 0.15) is 32.1 Å². The molecule has 1 atom stereocenters. The number of β-amino-alcohol motifs (C(OH)–C–C–N with tert-alkyl or cyclic N) is 1. The number of benzene rings is 1. The van der Waals surface area contributed by atoms with Crippen LogP contribution in [0, 0.1) is 0 Å². The summed E-state index contributed by atoms with van der Waals surface area (Å²) in [6, 6.07) is 9.13. The smallest absolute Gasteiger partial charge is 0.223 e. The molecule has 192 valence electrons. The first-order chi connectivity index (χ1) is 17.6. The van der Waals surface area contributed by atoms with Crippen LogP contribution >= 0.6 is 11.6 Å². The molecule has 6 rings (SSSR count). The quantitative estimate of drug-likeness (QED) is 0.405. The number of hydrogen-bond acceptors (Lipinski definition) is 7. The molecule has 0 radical (unpaired) electrons. The second-order valence-electron chi connectivity index (χ2n) is 10.7. The van der Waals surface area contributed by atoms with Crippen molar-refractivity contribution in [2.24, 2.45) is 0 Å². The lowest BCUT2D eigenvalue weighted by Crippen LogP contribution is -2.53. The first-order valence-corrected chi connectivity index (χ1v) is 13.7. The molecular formula is C27H36ClN7O. The lowest BCUT2D eigenvalue weighted by Gasteiger charge is -2.41. The highest BCUT2D eigenvalue weighted by molar-refractivity contribution is 6.33. The Kier molecular flexibility index (Phi) is 6.88. The number of nitrogens with one attached hydrogen (secondary N) is 3. The Morgan fingerprint density at radius 2 is 1.92 bits per heavy atom. The van der Waals surface area contributed by atoms with Crippen molar-refractivity contribution >= 4 is 28.5 Å². The van der Waals surface area contributed by atoms with Crippen LogP contribution < -0.4 is 10.6 Å². The molecule has 1 aromatic carbocycles. The third-order valence-corrected chi connectivity index (χ3v) is 8.54. The van der Waals surface area contributed by atoms with Crippen LogP contribution in [-0.4, -0.2) is 93.4 Å². The van der Waals surface area contributed by atoms with Crippen molar-refractivity contribution in [2.75, 3.05) is 51.1 Å². The second-order valence-corrected chi connectivity index (χ2v) is 11.2. The van der Waals surface area contributed by atoms with Crippen LogP contribution in [0.4, 0.5) is 5.95 Å². The molecule has 5 heterocycles. The molecule has 4 N–H and O–H groups in total. The highest BCUT2D eigenvalue weighted by atomic mass is 35.5. The average molecular weight is 510 g/mol. The van der Waals surface area contributed by atoms with Gasteiger partial charge < -0.3 is 25.6 Å². The van der Waals surface area contributed by atoms with Crippen LogP contribution in [0.15, 0.2) is 36.7 Å². The largest absolute Gasteiger partial charge is 0.388 e. The predicted octanol–water partition coefficient (Wildman–Crippen LogP) is 3.34. The average Bonchev–Trinajstić information content (AvgIpc) is 3.53. The molecule has 2 aromatic heterocycles. The molecule has 3 aliphatic heterocycles. The number of piperidine rings is 2. The summed E-state index contributed by atoms with van der Waals surface area (Å²) < 4.78 is 0. The summed E-state index contributed by atoms with van der Waals surface area (Å²) in [4.78, 5) is 17.7. The van der Waals surface area contributed by atoms with E-state index in [1.807, 2.05) is 18.3 Å². The Morgan fingerprint density at radius 1 is 1.11 bits per heavy atom. The molecule has 3 aromatic rings. The molecule has 8 nitrogen and oxygen atoms in total. The van der Waals surface area contributed by atoms with Crippen LogP contribution in [0.2, 0.25) is 5.02 Å².